The number of fused-ring (bicyclic) bond motifs is 1. The zero-order valence-electron chi connectivity index (χ0n) is 5.48. The summed E-state index contributed by atoms with van der Waals surface area (Å²) in [7, 11) is 0. The van der Waals surface area contributed by atoms with E-state index in [4.69, 9.17) is 0 Å². The van der Waals surface area contributed by atoms with Gasteiger partial charge in [0.15, 0.2) is 0 Å². The van der Waals surface area contributed by atoms with Gasteiger partial charge in [0, 0.05) is 0 Å². The maximum absolute atomic E-state index is 11.0. The molecule has 0 aromatic carbocycles. The molecule has 0 radical (unpaired) electrons. The number of nitrogens with one attached hydrogen (secondary N) is 1. The Morgan fingerprint density at radius 3 is 3.18 bits per heavy atom. The standard InChI is InChI=1S/C6H4N4O/c11-6-4-1-2-7-9-5(4)3-8-10-6/h1-3H,(H,10,11). The Bertz CT molecular complexity index is 430. The van der Waals surface area contributed by atoms with Crippen molar-refractivity contribution in [3.05, 3.63) is 28.8 Å². The van der Waals surface area contributed by atoms with Gasteiger partial charge in [-0.15, -0.1) is 5.10 Å². The van der Waals surface area contributed by atoms with Gasteiger partial charge in [0.1, 0.15) is 5.52 Å². The van der Waals surface area contributed by atoms with Crippen LogP contribution in [0.5, 0.6) is 0 Å². The van der Waals surface area contributed by atoms with Crippen LogP contribution in [-0.4, -0.2) is 20.4 Å². The Balaban J connectivity index is 3.03. The highest BCUT2D eigenvalue weighted by Crippen LogP contribution is 1.98. The topological polar surface area (TPSA) is 71.5 Å². The van der Waals surface area contributed by atoms with Gasteiger partial charge in [-0.1, -0.05) is 0 Å². The lowest BCUT2D eigenvalue weighted by Gasteiger charge is -1.89. The minimum absolute atomic E-state index is 0.239. The van der Waals surface area contributed by atoms with E-state index in [1.807, 2.05) is 0 Å². The van der Waals surface area contributed by atoms with Crippen LogP contribution in [0.2, 0.25) is 0 Å². The van der Waals surface area contributed by atoms with Crippen LogP contribution < -0.4 is 5.56 Å². The average Bonchev–Trinajstić information content (AvgIpc) is 2.06. The van der Waals surface area contributed by atoms with Crippen molar-refractivity contribution in [2.45, 2.75) is 0 Å². The SMILES string of the molecule is O=c1[nH]ncc2nnccc12. The molecule has 2 heterocycles. The lowest BCUT2D eigenvalue weighted by atomic mass is 10.3. The number of nitrogens with zero attached hydrogens (tertiary/aromatic N) is 3. The Labute approximate surface area is 61.1 Å². The molecule has 5 heteroatoms. The van der Waals surface area contributed by atoms with Crippen LogP contribution in [-0.2, 0) is 0 Å². The number of aromatic nitrogens is 4. The first-order valence-corrected chi connectivity index (χ1v) is 3.03. The fraction of sp³-hybridized carbons (Fsp3) is 0. The molecule has 2 aromatic heterocycles. The molecular weight excluding hydrogens is 144 g/mol. The molecule has 54 valence electrons. The Morgan fingerprint density at radius 2 is 2.36 bits per heavy atom. The molecular formula is C6H4N4O. The van der Waals surface area contributed by atoms with E-state index in [2.05, 4.69) is 20.4 Å². The minimum Gasteiger partial charge on any atom is -0.267 e. The monoisotopic (exact) mass is 148 g/mol. The number of aromatic amines is 1. The van der Waals surface area contributed by atoms with E-state index in [-0.39, 0.29) is 5.56 Å². The fourth-order valence-electron chi connectivity index (χ4n) is 0.842. The molecule has 0 saturated carbocycles. The maximum atomic E-state index is 11.0. The third-order valence-corrected chi connectivity index (χ3v) is 1.35. The van der Waals surface area contributed by atoms with Crippen molar-refractivity contribution in [1.29, 1.82) is 0 Å². The third-order valence-electron chi connectivity index (χ3n) is 1.35. The molecule has 0 atom stereocenters. The first-order chi connectivity index (χ1) is 5.38. The lowest BCUT2D eigenvalue weighted by Crippen LogP contribution is -2.08. The van der Waals surface area contributed by atoms with Crippen molar-refractivity contribution in [1.82, 2.24) is 20.4 Å². The molecule has 0 bridgehead atoms. The molecule has 0 fully saturated rings. The molecule has 0 spiro atoms. The molecule has 0 unspecified atom stereocenters. The van der Waals surface area contributed by atoms with E-state index in [1.54, 1.807) is 6.07 Å². The summed E-state index contributed by atoms with van der Waals surface area (Å²) >= 11 is 0. The lowest BCUT2D eigenvalue weighted by molar-refractivity contribution is 0.984. The van der Waals surface area contributed by atoms with Crippen LogP contribution in [0.15, 0.2) is 23.3 Å². The van der Waals surface area contributed by atoms with Crippen LogP contribution in [0.3, 0.4) is 0 Å². The van der Waals surface area contributed by atoms with Gasteiger partial charge in [-0.05, 0) is 6.07 Å². The molecule has 0 aliphatic heterocycles. The molecule has 2 rings (SSSR count). The summed E-state index contributed by atoms with van der Waals surface area (Å²) in [6.45, 7) is 0. The van der Waals surface area contributed by atoms with Crippen LogP contribution in [0.4, 0.5) is 0 Å². The van der Waals surface area contributed by atoms with Crippen molar-refractivity contribution in [3.63, 3.8) is 0 Å². The molecule has 2 aromatic rings. The van der Waals surface area contributed by atoms with E-state index in [0.717, 1.165) is 0 Å². The van der Waals surface area contributed by atoms with Crippen molar-refractivity contribution < 1.29 is 0 Å². The summed E-state index contributed by atoms with van der Waals surface area (Å²) in [6, 6.07) is 1.60. The second kappa shape index (κ2) is 2.12. The van der Waals surface area contributed by atoms with Gasteiger partial charge in [-0.3, -0.25) is 4.79 Å². The van der Waals surface area contributed by atoms with Crippen molar-refractivity contribution in [2.75, 3.05) is 0 Å². The molecule has 1 N–H and O–H groups in total. The second-order valence-electron chi connectivity index (χ2n) is 2.03. The minimum atomic E-state index is -0.239. The highest BCUT2D eigenvalue weighted by atomic mass is 16.1. The Morgan fingerprint density at radius 1 is 1.45 bits per heavy atom. The normalized spacial score (nSPS) is 10.2. The summed E-state index contributed by atoms with van der Waals surface area (Å²) in [5, 5.41) is 13.7. The van der Waals surface area contributed by atoms with E-state index in [1.165, 1.54) is 12.4 Å². The maximum Gasteiger partial charge on any atom is 0.273 e. The number of rotatable bonds is 0. The predicted molar refractivity (Wildman–Crippen MR) is 38.0 cm³/mol. The first kappa shape index (κ1) is 5.96. The molecule has 0 aliphatic rings. The molecule has 0 saturated heterocycles. The van der Waals surface area contributed by atoms with E-state index in [9.17, 15) is 4.79 Å². The fourth-order valence-corrected chi connectivity index (χ4v) is 0.842. The Kier molecular flexibility index (Phi) is 1.15. The van der Waals surface area contributed by atoms with Gasteiger partial charge in [0.05, 0.1) is 17.8 Å². The van der Waals surface area contributed by atoms with E-state index >= 15 is 0 Å². The number of hydrogen-bond acceptors (Lipinski definition) is 4. The van der Waals surface area contributed by atoms with Crippen LogP contribution in [0, 0.1) is 0 Å². The van der Waals surface area contributed by atoms with Crippen LogP contribution >= 0.6 is 0 Å². The van der Waals surface area contributed by atoms with E-state index in [0.29, 0.717) is 10.9 Å². The third kappa shape index (κ3) is 0.861. The molecule has 5 nitrogen and oxygen atoms in total. The number of H-pyrrole nitrogens is 1. The van der Waals surface area contributed by atoms with E-state index < -0.39 is 0 Å². The highest BCUT2D eigenvalue weighted by Gasteiger charge is 1.96. The Hall–Kier alpha value is -1.78. The molecule has 0 aliphatic carbocycles. The summed E-state index contributed by atoms with van der Waals surface area (Å²) in [5.74, 6) is 0. The zero-order chi connectivity index (χ0) is 7.68. The molecule has 11 heavy (non-hydrogen) atoms. The largest absolute Gasteiger partial charge is 0.273 e. The summed E-state index contributed by atoms with van der Waals surface area (Å²) in [6.07, 6.45) is 2.93. The van der Waals surface area contributed by atoms with Gasteiger partial charge in [0.2, 0.25) is 0 Å². The van der Waals surface area contributed by atoms with Gasteiger partial charge >= 0.3 is 0 Å². The predicted octanol–water partition coefficient (Wildman–Crippen LogP) is -0.287. The summed E-state index contributed by atoms with van der Waals surface area (Å²) in [4.78, 5) is 11.0. The summed E-state index contributed by atoms with van der Waals surface area (Å²) < 4.78 is 0. The highest BCUT2D eigenvalue weighted by molar-refractivity contribution is 5.74. The second-order valence-corrected chi connectivity index (χ2v) is 2.03. The van der Waals surface area contributed by atoms with Gasteiger partial charge < -0.3 is 0 Å². The number of hydrogen-bond donors (Lipinski definition) is 1. The van der Waals surface area contributed by atoms with Gasteiger partial charge in [-0.25, -0.2) is 5.10 Å². The quantitative estimate of drug-likeness (QED) is 0.557. The average molecular weight is 148 g/mol. The smallest absolute Gasteiger partial charge is 0.267 e. The zero-order valence-corrected chi connectivity index (χ0v) is 5.48. The van der Waals surface area contributed by atoms with Crippen LogP contribution in [0.25, 0.3) is 10.9 Å². The molecule has 0 amide bonds. The van der Waals surface area contributed by atoms with Crippen molar-refractivity contribution in [2.24, 2.45) is 0 Å². The van der Waals surface area contributed by atoms with Crippen molar-refractivity contribution in [3.8, 4) is 0 Å². The summed E-state index contributed by atoms with van der Waals surface area (Å²) in [5.41, 5.74) is 0.272. The van der Waals surface area contributed by atoms with Crippen LogP contribution in [0.1, 0.15) is 0 Å². The van der Waals surface area contributed by atoms with Gasteiger partial charge in [-0.2, -0.15) is 10.2 Å². The van der Waals surface area contributed by atoms with Gasteiger partial charge in [0.25, 0.3) is 5.56 Å². The van der Waals surface area contributed by atoms with Crippen molar-refractivity contribution >= 4 is 10.9 Å². The first-order valence-electron chi connectivity index (χ1n) is 3.03.